The average Bonchev–Trinajstić information content (AvgIpc) is 2.10. The van der Waals surface area contributed by atoms with Crippen LogP contribution in [-0.4, -0.2) is 13.0 Å². The van der Waals surface area contributed by atoms with Crippen LogP contribution in [0.5, 0.6) is 0 Å². The van der Waals surface area contributed by atoms with Gasteiger partial charge in [0.05, 0.1) is 0 Å². The van der Waals surface area contributed by atoms with Gasteiger partial charge in [-0.1, -0.05) is 20.3 Å². The number of rotatable bonds is 7. The Labute approximate surface area is 134 Å². The molecule has 0 nitrogen and oxygen atoms in total. The third kappa shape index (κ3) is 6.63. The first-order chi connectivity index (χ1) is 7.46. The molecule has 0 amide bonds. The molecule has 0 aliphatic heterocycles. The molecule has 0 aromatic carbocycles. The Morgan fingerprint density at radius 3 is 1.76 bits per heavy atom. The first kappa shape index (κ1) is 18.7. The van der Waals surface area contributed by atoms with Crippen LogP contribution in [0.3, 0.4) is 0 Å². The quantitative estimate of drug-likeness (QED) is 0.450. The van der Waals surface area contributed by atoms with Crippen LogP contribution in [0.2, 0.25) is 0 Å². The lowest BCUT2D eigenvalue weighted by Gasteiger charge is -2.38. The minimum absolute atomic E-state index is 0.185. The SMILES string of the molecule is [CH2]C(Cl)(Cl)C(CCC)C(Cl)(Cl)CC(Cl)(Cl)CC. The van der Waals surface area contributed by atoms with Gasteiger partial charge in [0, 0.05) is 12.3 Å². The average molecular weight is 362 g/mol. The van der Waals surface area contributed by atoms with E-state index in [9.17, 15) is 0 Å². The Morgan fingerprint density at radius 2 is 1.47 bits per heavy atom. The van der Waals surface area contributed by atoms with Gasteiger partial charge in [-0.25, -0.2) is 0 Å². The number of alkyl halides is 6. The highest BCUT2D eigenvalue weighted by Gasteiger charge is 2.48. The molecule has 1 unspecified atom stereocenters. The number of hydrogen-bond donors (Lipinski definition) is 0. The molecule has 1 radical (unpaired) electrons. The summed E-state index contributed by atoms with van der Waals surface area (Å²) >= 11 is 36.9. The molecule has 0 heterocycles. The maximum absolute atomic E-state index is 6.32. The van der Waals surface area contributed by atoms with Crippen molar-refractivity contribution in [3.05, 3.63) is 6.92 Å². The van der Waals surface area contributed by atoms with Crippen molar-refractivity contribution < 1.29 is 0 Å². The fourth-order valence-electron chi connectivity index (χ4n) is 1.61. The summed E-state index contributed by atoms with van der Waals surface area (Å²) in [7, 11) is 0. The first-order valence-electron chi connectivity index (χ1n) is 5.45. The highest BCUT2D eigenvalue weighted by Crippen LogP contribution is 2.51. The molecule has 0 rings (SSSR count). The predicted molar refractivity (Wildman–Crippen MR) is 82.0 cm³/mol. The Hall–Kier alpha value is 1.74. The van der Waals surface area contributed by atoms with E-state index >= 15 is 0 Å². The smallest absolute Gasteiger partial charge is 0.102 e. The van der Waals surface area contributed by atoms with E-state index in [4.69, 9.17) is 69.6 Å². The number of halogens is 6. The fourth-order valence-corrected chi connectivity index (χ4v) is 4.17. The standard InChI is InChI=1S/C11H17Cl6/c1-4-6-8(9(3,12)13)11(16,17)7-10(14,15)5-2/h8H,3-7H2,1-2H3. The van der Waals surface area contributed by atoms with Crippen LogP contribution in [0.1, 0.15) is 39.5 Å². The molecule has 0 aromatic heterocycles. The maximum Gasteiger partial charge on any atom is 0.126 e. The highest BCUT2D eigenvalue weighted by molar-refractivity contribution is 6.55. The normalized spacial score (nSPS) is 16.1. The summed E-state index contributed by atoms with van der Waals surface area (Å²) < 4.78 is -3.47. The molecule has 0 N–H and O–H groups in total. The number of hydrogen-bond acceptors (Lipinski definition) is 0. The van der Waals surface area contributed by atoms with Crippen LogP contribution in [0.25, 0.3) is 0 Å². The Bertz CT molecular complexity index is 231. The molecular weight excluding hydrogens is 345 g/mol. The second-order valence-corrected chi connectivity index (χ2v) is 8.97. The molecule has 0 saturated heterocycles. The molecule has 0 saturated carbocycles. The molecule has 1 atom stereocenters. The van der Waals surface area contributed by atoms with Gasteiger partial charge in [-0.05, 0) is 19.8 Å². The van der Waals surface area contributed by atoms with Gasteiger partial charge in [0.1, 0.15) is 13.0 Å². The van der Waals surface area contributed by atoms with Gasteiger partial charge >= 0.3 is 0 Å². The molecule has 0 bridgehead atoms. The van der Waals surface area contributed by atoms with Crippen LogP contribution < -0.4 is 0 Å². The van der Waals surface area contributed by atoms with Crippen molar-refractivity contribution in [1.29, 1.82) is 0 Å². The Balaban J connectivity index is 4.96. The van der Waals surface area contributed by atoms with E-state index in [1.165, 1.54) is 0 Å². The van der Waals surface area contributed by atoms with Crippen LogP contribution in [0.15, 0.2) is 0 Å². The molecule has 0 spiro atoms. The van der Waals surface area contributed by atoms with E-state index in [1.54, 1.807) is 0 Å². The monoisotopic (exact) mass is 359 g/mol. The largest absolute Gasteiger partial charge is 0.126 e. The third-order valence-electron chi connectivity index (χ3n) is 2.61. The van der Waals surface area contributed by atoms with E-state index in [0.717, 1.165) is 6.42 Å². The van der Waals surface area contributed by atoms with Crippen molar-refractivity contribution in [2.24, 2.45) is 5.92 Å². The second kappa shape index (κ2) is 6.95. The van der Waals surface area contributed by atoms with Crippen LogP contribution in [-0.2, 0) is 0 Å². The Kier molecular flexibility index (Phi) is 7.66. The molecule has 0 aliphatic carbocycles. The summed E-state index contributed by atoms with van der Waals surface area (Å²) in [4.78, 5) is 0. The van der Waals surface area contributed by atoms with Gasteiger partial charge in [-0.2, -0.15) is 0 Å². The lowest BCUT2D eigenvalue weighted by molar-refractivity contribution is 0.380. The van der Waals surface area contributed by atoms with Crippen molar-refractivity contribution in [1.82, 2.24) is 0 Å². The molecule has 103 valence electrons. The Morgan fingerprint density at radius 1 is 1.00 bits per heavy atom. The van der Waals surface area contributed by atoms with E-state index in [1.807, 2.05) is 13.8 Å². The third-order valence-corrected chi connectivity index (χ3v) is 4.73. The van der Waals surface area contributed by atoms with Crippen LogP contribution in [0.4, 0.5) is 0 Å². The van der Waals surface area contributed by atoms with Crippen molar-refractivity contribution in [2.45, 2.75) is 52.5 Å². The van der Waals surface area contributed by atoms with Gasteiger partial charge in [0.15, 0.2) is 0 Å². The summed E-state index contributed by atoms with van der Waals surface area (Å²) in [6, 6.07) is 0. The first-order valence-corrected chi connectivity index (χ1v) is 7.72. The minimum Gasteiger partial charge on any atom is -0.102 e. The zero-order valence-electron chi connectivity index (χ0n) is 9.88. The second-order valence-electron chi connectivity index (χ2n) is 4.25. The fraction of sp³-hybridized carbons (Fsp3) is 0.909. The summed E-state index contributed by atoms with van der Waals surface area (Å²) in [6.45, 7) is 7.54. The van der Waals surface area contributed by atoms with E-state index < -0.39 is 18.9 Å². The van der Waals surface area contributed by atoms with Gasteiger partial charge in [0.2, 0.25) is 0 Å². The van der Waals surface area contributed by atoms with E-state index in [0.29, 0.717) is 12.8 Å². The molecule has 0 aliphatic rings. The van der Waals surface area contributed by atoms with E-state index in [2.05, 4.69) is 6.92 Å². The van der Waals surface area contributed by atoms with Crippen LogP contribution >= 0.6 is 69.6 Å². The molecule has 17 heavy (non-hydrogen) atoms. The van der Waals surface area contributed by atoms with Crippen molar-refractivity contribution in [3.8, 4) is 0 Å². The van der Waals surface area contributed by atoms with Gasteiger partial charge in [-0.15, -0.1) is 69.6 Å². The van der Waals surface area contributed by atoms with Crippen molar-refractivity contribution in [3.63, 3.8) is 0 Å². The van der Waals surface area contributed by atoms with Gasteiger partial charge in [0.25, 0.3) is 0 Å². The molecule has 0 fully saturated rings. The molecule has 0 aromatic rings. The minimum atomic E-state index is -1.27. The predicted octanol–water partition coefficient (Wildman–Crippen LogP) is 6.56. The zero-order chi connectivity index (χ0) is 13.9. The molecule has 6 heteroatoms. The van der Waals surface area contributed by atoms with Crippen molar-refractivity contribution >= 4 is 69.6 Å². The highest BCUT2D eigenvalue weighted by atomic mass is 35.5. The summed E-state index contributed by atoms with van der Waals surface area (Å²) in [5, 5.41) is 0. The summed E-state index contributed by atoms with van der Waals surface area (Å²) in [5.74, 6) is -0.407. The lowest BCUT2D eigenvalue weighted by Crippen LogP contribution is -2.40. The summed E-state index contributed by atoms with van der Waals surface area (Å²) in [5.41, 5.74) is 0. The van der Waals surface area contributed by atoms with Crippen LogP contribution in [0, 0.1) is 12.8 Å². The lowest BCUT2D eigenvalue weighted by atomic mass is 9.92. The van der Waals surface area contributed by atoms with E-state index in [-0.39, 0.29) is 6.42 Å². The zero-order valence-corrected chi connectivity index (χ0v) is 14.4. The maximum atomic E-state index is 6.32. The summed E-state index contributed by atoms with van der Waals surface area (Å²) in [6.07, 6.45) is 2.21. The molecular formula is C11H17Cl6. The topological polar surface area (TPSA) is 0 Å². The van der Waals surface area contributed by atoms with Gasteiger partial charge < -0.3 is 0 Å². The van der Waals surface area contributed by atoms with Gasteiger partial charge in [-0.3, -0.25) is 0 Å². The van der Waals surface area contributed by atoms with Crippen molar-refractivity contribution in [2.75, 3.05) is 0 Å².